The summed E-state index contributed by atoms with van der Waals surface area (Å²) in [7, 11) is 0. The fraction of sp³-hybridized carbons (Fsp3) is 0.294. The van der Waals surface area contributed by atoms with Crippen LogP contribution in [0.2, 0.25) is 0 Å². The van der Waals surface area contributed by atoms with Crippen molar-refractivity contribution in [1.82, 2.24) is 14.9 Å². The minimum absolute atomic E-state index is 0.763. The van der Waals surface area contributed by atoms with E-state index in [1.165, 1.54) is 0 Å². The molecule has 0 spiro atoms. The third kappa shape index (κ3) is 3.34. The van der Waals surface area contributed by atoms with Crippen LogP contribution < -0.4 is 5.32 Å². The maximum Gasteiger partial charge on any atom is 0.152 e. The van der Waals surface area contributed by atoms with Gasteiger partial charge in [0.2, 0.25) is 0 Å². The summed E-state index contributed by atoms with van der Waals surface area (Å²) >= 11 is 1.67. The van der Waals surface area contributed by atoms with Crippen molar-refractivity contribution in [3.8, 4) is 0 Å². The zero-order valence-electron chi connectivity index (χ0n) is 12.7. The highest BCUT2D eigenvalue weighted by Gasteiger charge is 2.15. The van der Waals surface area contributed by atoms with Crippen LogP contribution in [0.3, 0.4) is 0 Å². The first-order chi connectivity index (χ1) is 11.4. The van der Waals surface area contributed by atoms with Crippen LogP contribution in [0.1, 0.15) is 5.82 Å². The van der Waals surface area contributed by atoms with Crippen molar-refractivity contribution in [2.75, 3.05) is 31.6 Å². The van der Waals surface area contributed by atoms with Gasteiger partial charge in [-0.2, -0.15) is 0 Å². The number of nitrogens with zero attached hydrogens (tertiary/aromatic N) is 3. The number of para-hydroxylation sites is 1. The molecule has 3 heterocycles. The van der Waals surface area contributed by atoms with Crippen LogP contribution in [-0.4, -0.2) is 41.2 Å². The van der Waals surface area contributed by atoms with E-state index in [2.05, 4.69) is 21.7 Å². The second kappa shape index (κ2) is 6.62. The van der Waals surface area contributed by atoms with E-state index in [-0.39, 0.29) is 0 Å². The smallest absolute Gasteiger partial charge is 0.152 e. The number of hydrogen-bond acceptors (Lipinski definition) is 6. The van der Waals surface area contributed by atoms with Crippen LogP contribution in [0.15, 0.2) is 41.8 Å². The molecule has 2 aromatic heterocycles. The molecule has 0 atom stereocenters. The number of hydrogen-bond donors (Lipinski definition) is 1. The van der Waals surface area contributed by atoms with Gasteiger partial charge in [0, 0.05) is 18.8 Å². The van der Waals surface area contributed by atoms with Crippen molar-refractivity contribution in [2.45, 2.75) is 6.54 Å². The van der Waals surface area contributed by atoms with E-state index >= 15 is 0 Å². The van der Waals surface area contributed by atoms with Gasteiger partial charge in [-0.1, -0.05) is 18.2 Å². The topological polar surface area (TPSA) is 50.3 Å². The summed E-state index contributed by atoms with van der Waals surface area (Å²) in [5.41, 5.74) is 2.05. The summed E-state index contributed by atoms with van der Waals surface area (Å²) in [6, 6.07) is 12.2. The molecule has 6 heteroatoms. The Labute approximate surface area is 138 Å². The summed E-state index contributed by atoms with van der Waals surface area (Å²) in [6.45, 7) is 4.21. The molecule has 0 amide bonds. The number of nitrogens with one attached hydrogen (secondary N) is 1. The summed E-state index contributed by atoms with van der Waals surface area (Å²) in [6.07, 6.45) is 0. The van der Waals surface area contributed by atoms with E-state index in [4.69, 9.17) is 14.7 Å². The van der Waals surface area contributed by atoms with Crippen LogP contribution in [-0.2, 0) is 11.3 Å². The van der Waals surface area contributed by atoms with E-state index in [0.717, 1.165) is 60.4 Å². The molecular formula is C17H18N4OS. The molecule has 118 valence electrons. The Hall–Kier alpha value is -2.02. The predicted molar refractivity (Wildman–Crippen MR) is 93.2 cm³/mol. The van der Waals surface area contributed by atoms with Crippen LogP contribution in [0, 0.1) is 0 Å². The highest BCUT2D eigenvalue weighted by molar-refractivity contribution is 7.17. The molecule has 1 aromatic carbocycles. The standard InChI is InChI=1S/C17H18N4OS/c1-2-4-13(5-3-1)18-17-16-14(6-11-23-16)19-15(20-17)12-21-7-9-22-10-8-21/h1-6,11H,7-10,12H2,(H,18,19,20). The second-order valence-electron chi connectivity index (χ2n) is 5.50. The van der Waals surface area contributed by atoms with Crippen LogP contribution in [0.5, 0.6) is 0 Å². The molecule has 3 aromatic rings. The quantitative estimate of drug-likeness (QED) is 0.797. The number of thiophene rings is 1. The lowest BCUT2D eigenvalue weighted by atomic mass is 10.3. The molecule has 1 aliphatic heterocycles. The Morgan fingerprint density at radius 3 is 2.74 bits per heavy atom. The van der Waals surface area contributed by atoms with Gasteiger partial charge in [-0.05, 0) is 23.6 Å². The maximum absolute atomic E-state index is 5.40. The monoisotopic (exact) mass is 326 g/mol. The summed E-state index contributed by atoms with van der Waals surface area (Å²) < 4.78 is 6.50. The molecule has 1 aliphatic rings. The minimum atomic E-state index is 0.763. The highest BCUT2D eigenvalue weighted by atomic mass is 32.1. The zero-order chi connectivity index (χ0) is 15.5. The summed E-state index contributed by atoms with van der Waals surface area (Å²) in [5, 5.41) is 5.49. The Morgan fingerprint density at radius 2 is 1.91 bits per heavy atom. The van der Waals surface area contributed by atoms with Gasteiger partial charge < -0.3 is 10.1 Å². The molecule has 1 N–H and O–H groups in total. The lowest BCUT2D eigenvalue weighted by molar-refractivity contribution is 0.0331. The van der Waals surface area contributed by atoms with E-state index in [1.54, 1.807) is 11.3 Å². The molecule has 4 rings (SSSR count). The van der Waals surface area contributed by atoms with E-state index in [0.29, 0.717) is 0 Å². The molecule has 0 aliphatic carbocycles. The normalized spacial score (nSPS) is 15.8. The van der Waals surface area contributed by atoms with Crippen LogP contribution >= 0.6 is 11.3 Å². The number of morpholine rings is 1. The van der Waals surface area contributed by atoms with E-state index in [1.807, 2.05) is 30.3 Å². The van der Waals surface area contributed by atoms with Crippen molar-refractivity contribution in [2.24, 2.45) is 0 Å². The Balaban J connectivity index is 1.64. The number of benzene rings is 1. The lowest BCUT2D eigenvalue weighted by Gasteiger charge is -2.25. The third-order valence-electron chi connectivity index (χ3n) is 3.86. The van der Waals surface area contributed by atoms with Gasteiger partial charge in [-0.25, -0.2) is 9.97 Å². The van der Waals surface area contributed by atoms with Crippen molar-refractivity contribution < 1.29 is 4.74 Å². The zero-order valence-corrected chi connectivity index (χ0v) is 13.6. The van der Waals surface area contributed by atoms with Gasteiger partial charge in [0.25, 0.3) is 0 Å². The van der Waals surface area contributed by atoms with Crippen molar-refractivity contribution in [3.63, 3.8) is 0 Å². The Bertz CT molecular complexity index is 784. The van der Waals surface area contributed by atoms with Gasteiger partial charge in [-0.15, -0.1) is 11.3 Å². The average molecular weight is 326 g/mol. The molecule has 5 nitrogen and oxygen atoms in total. The number of rotatable bonds is 4. The van der Waals surface area contributed by atoms with Crippen molar-refractivity contribution in [3.05, 3.63) is 47.6 Å². The van der Waals surface area contributed by atoms with E-state index < -0.39 is 0 Å². The van der Waals surface area contributed by atoms with Gasteiger partial charge >= 0.3 is 0 Å². The first-order valence-electron chi connectivity index (χ1n) is 7.75. The molecule has 0 radical (unpaired) electrons. The molecule has 0 bridgehead atoms. The molecule has 0 unspecified atom stereocenters. The number of fused-ring (bicyclic) bond motifs is 1. The Kier molecular flexibility index (Phi) is 4.19. The predicted octanol–water partition coefficient (Wildman–Crippen LogP) is 3.27. The van der Waals surface area contributed by atoms with Crippen LogP contribution in [0.4, 0.5) is 11.5 Å². The fourth-order valence-corrected chi connectivity index (χ4v) is 3.46. The molecule has 1 saturated heterocycles. The average Bonchev–Trinajstić information content (AvgIpc) is 3.05. The first-order valence-corrected chi connectivity index (χ1v) is 8.63. The number of ether oxygens (including phenoxy) is 1. The van der Waals surface area contributed by atoms with Crippen molar-refractivity contribution in [1.29, 1.82) is 0 Å². The van der Waals surface area contributed by atoms with Crippen molar-refractivity contribution >= 4 is 33.1 Å². The van der Waals surface area contributed by atoms with Gasteiger partial charge in [0.05, 0.1) is 30.0 Å². The SMILES string of the molecule is c1ccc(Nc2nc(CN3CCOCC3)nc3ccsc23)cc1. The fourth-order valence-electron chi connectivity index (χ4n) is 2.68. The first kappa shape index (κ1) is 14.6. The lowest BCUT2D eigenvalue weighted by Crippen LogP contribution is -2.36. The summed E-state index contributed by atoms with van der Waals surface area (Å²) in [4.78, 5) is 11.8. The second-order valence-corrected chi connectivity index (χ2v) is 6.42. The highest BCUT2D eigenvalue weighted by Crippen LogP contribution is 2.28. The van der Waals surface area contributed by atoms with E-state index in [9.17, 15) is 0 Å². The van der Waals surface area contributed by atoms with Crippen LogP contribution in [0.25, 0.3) is 10.2 Å². The number of aromatic nitrogens is 2. The summed E-state index contributed by atoms with van der Waals surface area (Å²) in [5.74, 6) is 1.75. The largest absolute Gasteiger partial charge is 0.379 e. The molecule has 0 saturated carbocycles. The number of anilines is 2. The molecule has 1 fully saturated rings. The van der Waals surface area contributed by atoms with Gasteiger partial charge in [0.15, 0.2) is 5.82 Å². The molecule has 23 heavy (non-hydrogen) atoms. The molecular weight excluding hydrogens is 308 g/mol. The van der Waals surface area contributed by atoms with Gasteiger partial charge in [0.1, 0.15) is 5.82 Å². The van der Waals surface area contributed by atoms with Gasteiger partial charge in [-0.3, -0.25) is 4.90 Å². The minimum Gasteiger partial charge on any atom is -0.379 e. The third-order valence-corrected chi connectivity index (χ3v) is 4.77. The maximum atomic E-state index is 5.40. The Morgan fingerprint density at radius 1 is 1.09 bits per heavy atom.